The van der Waals surface area contributed by atoms with Gasteiger partial charge in [0.1, 0.15) is 6.04 Å². The van der Waals surface area contributed by atoms with Crippen molar-refractivity contribution in [2.45, 2.75) is 32.4 Å². The second-order valence-electron chi connectivity index (χ2n) is 8.84. The van der Waals surface area contributed by atoms with Crippen LogP contribution in [-0.4, -0.2) is 42.1 Å². The van der Waals surface area contributed by atoms with Crippen LogP contribution >= 0.6 is 0 Å². The van der Waals surface area contributed by atoms with Gasteiger partial charge in [0, 0.05) is 18.5 Å². The minimum atomic E-state index is -1.08. The van der Waals surface area contributed by atoms with Crippen LogP contribution in [0.3, 0.4) is 0 Å². The third-order valence-electron chi connectivity index (χ3n) is 5.85. The molecule has 0 bridgehead atoms. The van der Waals surface area contributed by atoms with Crippen molar-refractivity contribution in [1.82, 2.24) is 10.2 Å². The van der Waals surface area contributed by atoms with E-state index in [0.717, 1.165) is 30.6 Å². The lowest BCUT2D eigenvalue weighted by Crippen LogP contribution is -2.47. The highest BCUT2D eigenvalue weighted by Crippen LogP contribution is 2.16. The number of nitrogens with zero attached hydrogens (tertiary/aromatic N) is 1. The number of benzene rings is 3. The molecule has 6 nitrogen and oxygen atoms in total. The Bertz CT molecular complexity index is 1200. The Morgan fingerprint density at radius 2 is 1.56 bits per heavy atom. The van der Waals surface area contributed by atoms with E-state index < -0.39 is 23.6 Å². The molecule has 0 saturated heterocycles. The normalized spacial score (nSPS) is 12.0. The summed E-state index contributed by atoms with van der Waals surface area (Å²) in [6.45, 7) is 4.12. The summed E-state index contributed by atoms with van der Waals surface area (Å²) in [5, 5.41) is 2.71. The van der Waals surface area contributed by atoms with Crippen molar-refractivity contribution in [3.8, 4) is 0 Å². The van der Waals surface area contributed by atoms with Crippen molar-refractivity contribution < 1.29 is 14.4 Å². The van der Waals surface area contributed by atoms with Gasteiger partial charge in [-0.25, -0.2) is 0 Å². The summed E-state index contributed by atoms with van der Waals surface area (Å²) < 4.78 is 0. The Hall–Kier alpha value is -4.03. The van der Waals surface area contributed by atoms with Gasteiger partial charge in [-0.1, -0.05) is 91.9 Å². The molecule has 3 aromatic carbocycles. The second-order valence-corrected chi connectivity index (χ2v) is 8.84. The molecule has 36 heavy (non-hydrogen) atoms. The molecule has 0 aliphatic carbocycles. The molecule has 0 fully saturated rings. The van der Waals surface area contributed by atoms with E-state index in [0.29, 0.717) is 11.1 Å². The first-order valence-corrected chi connectivity index (χ1v) is 12.1. The van der Waals surface area contributed by atoms with E-state index in [1.807, 2.05) is 54.6 Å². The predicted octanol–water partition coefficient (Wildman–Crippen LogP) is 4.09. The predicted molar refractivity (Wildman–Crippen MR) is 144 cm³/mol. The smallest absolute Gasteiger partial charge is 0.287 e. The van der Waals surface area contributed by atoms with Crippen LogP contribution in [-0.2, 0) is 22.6 Å². The van der Waals surface area contributed by atoms with Crippen LogP contribution in [0.15, 0.2) is 78.9 Å². The molecule has 0 saturated carbocycles. The number of primary amides is 1. The van der Waals surface area contributed by atoms with Gasteiger partial charge in [-0.3, -0.25) is 14.4 Å². The molecule has 3 N–H and O–H groups in total. The summed E-state index contributed by atoms with van der Waals surface area (Å²) in [5.74, 6) is -2.35. The Labute approximate surface area is 212 Å². The monoisotopic (exact) mass is 483 g/mol. The van der Waals surface area contributed by atoms with Gasteiger partial charge in [-0.05, 0) is 48.3 Å². The highest BCUT2D eigenvalue weighted by Gasteiger charge is 2.26. The summed E-state index contributed by atoms with van der Waals surface area (Å²) in [6, 6.07) is 23.6. The molecule has 0 aliphatic heterocycles. The average Bonchev–Trinajstić information content (AvgIpc) is 2.88. The highest BCUT2D eigenvalue weighted by molar-refractivity contribution is 6.38. The lowest BCUT2D eigenvalue weighted by Gasteiger charge is -2.17. The molecule has 1 atom stereocenters. The molecule has 0 radical (unpaired) electrons. The first-order valence-electron chi connectivity index (χ1n) is 12.1. The van der Waals surface area contributed by atoms with Gasteiger partial charge in [0.15, 0.2) is 0 Å². The fourth-order valence-electron chi connectivity index (χ4n) is 4.01. The van der Waals surface area contributed by atoms with E-state index in [1.54, 1.807) is 12.1 Å². The van der Waals surface area contributed by atoms with Crippen molar-refractivity contribution in [3.63, 3.8) is 0 Å². The van der Waals surface area contributed by atoms with Gasteiger partial charge >= 0.3 is 0 Å². The molecule has 3 rings (SSSR count). The van der Waals surface area contributed by atoms with E-state index in [1.165, 1.54) is 5.56 Å². The van der Waals surface area contributed by atoms with Crippen LogP contribution in [0, 0.1) is 0 Å². The molecule has 6 heteroatoms. The maximum absolute atomic E-state index is 13.2. The van der Waals surface area contributed by atoms with Crippen LogP contribution in [0.2, 0.25) is 0 Å². The lowest BCUT2D eigenvalue weighted by atomic mass is 10.00. The number of carbonyl (C=O) groups excluding carboxylic acids is 3. The number of hydrogen-bond acceptors (Lipinski definition) is 4. The fourth-order valence-corrected chi connectivity index (χ4v) is 4.01. The molecular weight excluding hydrogens is 450 g/mol. The third kappa shape index (κ3) is 7.75. The Morgan fingerprint density at radius 1 is 0.889 bits per heavy atom. The Morgan fingerprint density at radius 3 is 2.22 bits per heavy atom. The van der Waals surface area contributed by atoms with Crippen molar-refractivity contribution in [1.29, 1.82) is 0 Å². The van der Waals surface area contributed by atoms with Crippen LogP contribution in [0.4, 0.5) is 0 Å². The van der Waals surface area contributed by atoms with Crippen LogP contribution in [0.5, 0.6) is 0 Å². The van der Waals surface area contributed by atoms with Gasteiger partial charge in [-0.15, -0.1) is 0 Å². The Balaban J connectivity index is 1.75. The number of ketones is 1. The maximum Gasteiger partial charge on any atom is 0.287 e. The van der Waals surface area contributed by atoms with E-state index >= 15 is 0 Å². The third-order valence-corrected chi connectivity index (χ3v) is 5.85. The van der Waals surface area contributed by atoms with Gasteiger partial charge in [-0.2, -0.15) is 0 Å². The van der Waals surface area contributed by atoms with E-state index in [4.69, 9.17) is 5.73 Å². The topological polar surface area (TPSA) is 92.5 Å². The summed E-state index contributed by atoms with van der Waals surface area (Å²) in [4.78, 5) is 39.5. The molecule has 3 aromatic rings. The summed E-state index contributed by atoms with van der Waals surface area (Å²) in [7, 11) is 2.11. The zero-order valence-electron chi connectivity index (χ0n) is 20.8. The number of nitrogens with two attached hydrogens (primary N) is 1. The minimum Gasteiger partial charge on any atom is -0.363 e. The van der Waals surface area contributed by atoms with E-state index in [9.17, 15) is 14.4 Å². The van der Waals surface area contributed by atoms with Gasteiger partial charge in [0.05, 0.1) is 0 Å². The average molecular weight is 484 g/mol. The van der Waals surface area contributed by atoms with Crippen LogP contribution in [0.25, 0.3) is 12.2 Å². The number of rotatable bonds is 12. The zero-order valence-corrected chi connectivity index (χ0v) is 20.8. The minimum absolute atomic E-state index is 0.173. The van der Waals surface area contributed by atoms with Gasteiger partial charge < -0.3 is 16.0 Å². The van der Waals surface area contributed by atoms with Crippen molar-refractivity contribution in [3.05, 3.63) is 107 Å². The largest absolute Gasteiger partial charge is 0.363 e. The zero-order chi connectivity index (χ0) is 25.9. The molecule has 2 amide bonds. The first kappa shape index (κ1) is 26.6. The van der Waals surface area contributed by atoms with Crippen molar-refractivity contribution >= 4 is 29.7 Å². The summed E-state index contributed by atoms with van der Waals surface area (Å²) >= 11 is 0. The molecule has 0 aliphatic rings. The molecule has 0 aromatic heterocycles. The maximum atomic E-state index is 13.2. The fraction of sp³-hybridized carbons (Fsp3) is 0.233. The lowest BCUT2D eigenvalue weighted by molar-refractivity contribution is -0.137. The van der Waals surface area contributed by atoms with Crippen LogP contribution < -0.4 is 11.1 Å². The standard InChI is InChI=1S/C30H33N3O3/c1-3-19-33(2)21-24-15-13-22(14-16-24)17-18-25-11-7-8-12-26(25)30(36)32-27(28(34)29(31)35)20-23-9-5-4-6-10-23/h4-18,27H,3,19-21H2,1-2H3,(H2,31,35)(H,32,36)/b18-17+. The Kier molecular flexibility index (Phi) is 9.72. The van der Waals surface area contributed by atoms with Gasteiger partial charge in [0.25, 0.3) is 11.8 Å². The number of hydrogen-bond donors (Lipinski definition) is 2. The number of amides is 2. The molecule has 0 heterocycles. The summed E-state index contributed by atoms with van der Waals surface area (Å²) in [5.41, 5.74) is 9.42. The SMILES string of the molecule is CCCN(C)Cc1ccc(/C=C/c2ccccc2C(=O)NC(Cc2ccccc2)C(=O)C(N)=O)cc1. The van der Waals surface area contributed by atoms with Crippen molar-refractivity contribution in [2.75, 3.05) is 13.6 Å². The number of carbonyl (C=O) groups is 3. The number of Topliss-reactive ketones (excluding diaryl/α,β-unsaturated/α-hetero) is 1. The summed E-state index contributed by atoms with van der Waals surface area (Å²) in [6.07, 6.45) is 5.11. The quantitative estimate of drug-likeness (QED) is 0.300. The van der Waals surface area contributed by atoms with E-state index in [-0.39, 0.29) is 6.42 Å². The number of nitrogens with one attached hydrogen (secondary N) is 1. The second kappa shape index (κ2) is 13.2. The van der Waals surface area contributed by atoms with Gasteiger partial charge in [0.2, 0.25) is 5.78 Å². The van der Waals surface area contributed by atoms with Crippen LogP contribution in [0.1, 0.15) is 46.0 Å². The van der Waals surface area contributed by atoms with Crippen molar-refractivity contribution in [2.24, 2.45) is 5.73 Å². The highest BCUT2D eigenvalue weighted by atomic mass is 16.2. The molecule has 1 unspecified atom stereocenters. The molecular formula is C30H33N3O3. The molecule has 186 valence electrons. The first-order chi connectivity index (χ1) is 17.4. The van der Waals surface area contributed by atoms with E-state index in [2.05, 4.69) is 48.5 Å². The molecule has 0 spiro atoms.